The molecule has 2 saturated heterocycles. The van der Waals surface area contributed by atoms with Crippen LogP contribution in [0.4, 0.5) is 41.7 Å². The molecule has 2 aliphatic heterocycles. The number of hydrogen-bond donors (Lipinski definition) is 2. The molecular weight excluding hydrogens is 894 g/mol. The predicted molar refractivity (Wildman–Crippen MR) is 220 cm³/mol. The average molecular weight is 929 g/mol. The smallest absolute Gasteiger partial charge is 0.378 e. The molecule has 4 aliphatic rings. The Bertz CT molecular complexity index is 3050. The summed E-state index contributed by atoms with van der Waals surface area (Å²) in [5.41, 5.74) is -1.85. The van der Waals surface area contributed by atoms with Gasteiger partial charge in [-0.3, -0.25) is 23.8 Å². The summed E-state index contributed by atoms with van der Waals surface area (Å²) in [7, 11) is -2.20. The van der Waals surface area contributed by atoms with Crippen LogP contribution in [0.25, 0.3) is 32.4 Å². The number of nitrogens with zero attached hydrogens (tertiary/aromatic N) is 8. The van der Waals surface area contributed by atoms with E-state index in [4.69, 9.17) is 14.7 Å². The van der Waals surface area contributed by atoms with E-state index in [1.165, 1.54) is 16.0 Å². The van der Waals surface area contributed by atoms with E-state index in [1.807, 2.05) is 0 Å². The summed E-state index contributed by atoms with van der Waals surface area (Å²) in [5, 5.41) is 11.6. The summed E-state index contributed by atoms with van der Waals surface area (Å²) in [5.74, 6) is -5.28. The molecule has 6 aromatic rings. The van der Waals surface area contributed by atoms with E-state index in [2.05, 4.69) is 41.9 Å². The van der Waals surface area contributed by atoms with E-state index >= 15 is 8.78 Å². The van der Waals surface area contributed by atoms with Gasteiger partial charge in [0, 0.05) is 61.4 Å². The number of carbonyl (C=O) groups excluding carboxylic acids is 1. The second kappa shape index (κ2) is 15.1. The summed E-state index contributed by atoms with van der Waals surface area (Å²) in [6, 6.07) is 8.51. The number of nitrogens with one attached hydrogen (secondary N) is 2. The van der Waals surface area contributed by atoms with Crippen LogP contribution in [0.5, 0.6) is 0 Å². The zero-order valence-corrected chi connectivity index (χ0v) is 35.3. The fourth-order valence-electron chi connectivity index (χ4n) is 8.94. The van der Waals surface area contributed by atoms with E-state index < -0.39 is 81.0 Å². The highest BCUT2D eigenvalue weighted by atomic mass is 32.2. The largest absolute Gasteiger partial charge is 0.435 e. The number of rotatable bonds is 11. The molecule has 2 aromatic carbocycles. The number of pyridine rings is 1. The first kappa shape index (κ1) is 42.1. The van der Waals surface area contributed by atoms with Crippen molar-refractivity contribution in [2.75, 3.05) is 55.3 Å². The zero-order valence-electron chi connectivity index (χ0n) is 33.7. The van der Waals surface area contributed by atoms with Crippen LogP contribution < -0.4 is 14.9 Å². The van der Waals surface area contributed by atoms with Crippen LogP contribution in [0, 0.1) is 29.4 Å². The highest BCUT2D eigenvalue weighted by Crippen LogP contribution is 2.58. The number of piperazine rings is 1. The Kier molecular flexibility index (Phi) is 9.96. The van der Waals surface area contributed by atoms with Gasteiger partial charge in [-0.15, -0.1) is 0 Å². The van der Waals surface area contributed by atoms with Crippen molar-refractivity contribution in [3.63, 3.8) is 0 Å². The topological polar surface area (TPSA) is 152 Å². The van der Waals surface area contributed by atoms with Crippen LogP contribution in [0.3, 0.4) is 0 Å². The van der Waals surface area contributed by atoms with Crippen LogP contribution in [-0.4, -0.2) is 100 Å². The van der Waals surface area contributed by atoms with Crippen molar-refractivity contribution in [2.45, 2.75) is 43.1 Å². The maximum absolute atomic E-state index is 15.7. The first-order chi connectivity index (χ1) is 30.3. The number of sulfonamides is 1. The average Bonchev–Trinajstić information content (AvgIpc) is 3.88. The summed E-state index contributed by atoms with van der Waals surface area (Å²) >= 11 is 1.35. The molecule has 0 spiro atoms. The number of ether oxygens (including phenoxy) is 1. The molecule has 334 valence electrons. The summed E-state index contributed by atoms with van der Waals surface area (Å²) in [6.45, 7) is 3.09. The fourth-order valence-corrected chi connectivity index (χ4v) is 10.4. The molecule has 14 nitrogen and oxygen atoms in total. The third-order valence-electron chi connectivity index (χ3n) is 11.9. The molecule has 3 atom stereocenters. The molecule has 10 rings (SSSR count). The number of benzene rings is 2. The van der Waals surface area contributed by atoms with Gasteiger partial charge in [0.05, 0.1) is 53.4 Å². The van der Waals surface area contributed by atoms with Gasteiger partial charge in [-0.25, -0.2) is 22.2 Å². The maximum Gasteiger partial charge on any atom is 0.435 e. The van der Waals surface area contributed by atoms with Crippen molar-refractivity contribution in [1.29, 1.82) is 0 Å². The van der Waals surface area contributed by atoms with Gasteiger partial charge in [0.1, 0.15) is 29.8 Å². The van der Waals surface area contributed by atoms with Crippen molar-refractivity contribution in [3.05, 3.63) is 82.3 Å². The Hall–Kier alpha value is -5.83. The molecule has 0 unspecified atom stereocenters. The monoisotopic (exact) mass is 928 g/mol. The third kappa shape index (κ3) is 7.38. The molecule has 4 aromatic heterocycles. The predicted octanol–water partition coefficient (Wildman–Crippen LogP) is 5.55. The Balaban J connectivity index is 1.10. The maximum atomic E-state index is 15.7. The van der Waals surface area contributed by atoms with Gasteiger partial charge in [0.15, 0.2) is 22.3 Å². The fraction of sp³-hybridized carbons (Fsp3) is 0.390. The number of aryl methyl sites for hydroxylation is 1. The standard InChI is InChI=1S/C41H35F7N10O4S2/c1-55-34-24(4-3-5-26(34)37(53-55)54-64(2,60)61)27-16-30-38(51-39(63-30)57-10-8-56(9-11-57)23-18-62-19-23)50-33(27)29(14-20-12-21(42)15-22(43)13-20)49-31(59)17-58-36-32(35(52-58)41(46,47)48)25-6-7-28(25)40(36,44)45/h3-5,12-13,15-16,23,25,28-29H,8-11,14,17-19H2,1-2H3,(H,49,59)(H,53,54)/t25-,28+,29-/m0/s1. The number of carbonyl (C=O) groups is 1. The molecule has 2 aliphatic carbocycles. The van der Waals surface area contributed by atoms with Crippen molar-refractivity contribution in [2.24, 2.45) is 13.0 Å². The molecule has 2 N–H and O–H groups in total. The first-order valence-corrected chi connectivity index (χ1v) is 22.7. The third-order valence-corrected chi connectivity index (χ3v) is 13.5. The van der Waals surface area contributed by atoms with E-state index in [-0.39, 0.29) is 29.1 Å². The van der Waals surface area contributed by atoms with Crippen LogP contribution in [0.15, 0.2) is 42.5 Å². The lowest BCUT2D eigenvalue weighted by molar-refractivity contribution is -0.142. The number of halogens is 7. The molecule has 1 amide bonds. The van der Waals surface area contributed by atoms with Crippen molar-refractivity contribution in [1.82, 2.24) is 39.7 Å². The van der Waals surface area contributed by atoms with Crippen LogP contribution in [-0.2, 0) is 51.7 Å². The molecular formula is C41H35F7N10O4S2. The molecule has 23 heteroatoms. The highest BCUT2D eigenvalue weighted by molar-refractivity contribution is 7.92. The number of thiazole rings is 1. The van der Waals surface area contributed by atoms with E-state index in [0.717, 1.165) is 31.5 Å². The summed E-state index contributed by atoms with van der Waals surface area (Å²) in [6.07, 6.45) is -4.52. The molecule has 2 fully saturated rings. The second-order valence-electron chi connectivity index (χ2n) is 16.2. The van der Waals surface area contributed by atoms with E-state index in [9.17, 15) is 35.2 Å². The lowest BCUT2D eigenvalue weighted by Gasteiger charge is -2.42. The van der Waals surface area contributed by atoms with Gasteiger partial charge in [0.25, 0.3) is 0 Å². The number of fused-ring (bicyclic) bond motifs is 5. The minimum atomic E-state index is -5.14. The van der Waals surface area contributed by atoms with Crippen LogP contribution >= 0.6 is 11.3 Å². The van der Waals surface area contributed by atoms with Gasteiger partial charge in [-0.05, 0) is 36.2 Å². The number of aromatic nitrogens is 6. The molecule has 6 heterocycles. The van der Waals surface area contributed by atoms with Gasteiger partial charge in [-0.2, -0.15) is 37.1 Å². The Labute approximate surface area is 363 Å². The lowest BCUT2D eigenvalue weighted by Crippen LogP contribution is -2.56. The lowest BCUT2D eigenvalue weighted by atomic mass is 9.84. The number of hydrogen-bond acceptors (Lipinski definition) is 11. The molecule has 64 heavy (non-hydrogen) atoms. The second-order valence-corrected chi connectivity index (χ2v) is 19.0. The minimum Gasteiger partial charge on any atom is -0.378 e. The van der Waals surface area contributed by atoms with Crippen molar-refractivity contribution >= 4 is 59.5 Å². The van der Waals surface area contributed by atoms with Gasteiger partial charge in [0.2, 0.25) is 15.9 Å². The number of alkyl halides is 5. The normalized spacial score (nSPS) is 20.0. The van der Waals surface area contributed by atoms with Gasteiger partial charge in [-0.1, -0.05) is 35.3 Å². The van der Waals surface area contributed by atoms with Crippen molar-refractivity contribution < 1.29 is 48.7 Å². The zero-order chi connectivity index (χ0) is 45.0. The Morgan fingerprint density at radius 2 is 1.75 bits per heavy atom. The van der Waals surface area contributed by atoms with E-state index in [1.54, 1.807) is 31.3 Å². The Morgan fingerprint density at radius 1 is 1.02 bits per heavy atom. The number of para-hydroxylation sites is 1. The van der Waals surface area contributed by atoms with Gasteiger partial charge >= 0.3 is 12.1 Å². The van der Waals surface area contributed by atoms with Crippen LogP contribution in [0.2, 0.25) is 0 Å². The quantitative estimate of drug-likeness (QED) is 0.125. The summed E-state index contributed by atoms with van der Waals surface area (Å²) in [4.78, 5) is 28.5. The van der Waals surface area contributed by atoms with Crippen LogP contribution in [0.1, 0.15) is 40.2 Å². The number of anilines is 2. The first-order valence-electron chi connectivity index (χ1n) is 20.0. The molecule has 0 bridgehead atoms. The number of amides is 1. The minimum absolute atomic E-state index is 0.0193. The Morgan fingerprint density at radius 3 is 2.39 bits per heavy atom. The molecule has 0 saturated carbocycles. The highest BCUT2D eigenvalue weighted by Gasteiger charge is 2.62. The van der Waals surface area contributed by atoms with Gasteiger partial charge < -0.3 is 15.0 Å². The molecule has 0 radical (unpaired) electrons. The van der Waals surface area contributed by atoms with Crippen molar-refractivity contribution in [3.8, 4) is 23.0 Å². The summed E-state index contributed by atoms with van der Waals surface area (Å²) < 4.78 is 139. The SMILES string of the molecule is Cn1nc(NS(C)(=O)=O)c2cccc(-c3cc4sc(N5CCN(C6COC6)CC5)nc4nc3[C@H](Cc3cc(F)cc(F)c3)NC(=O)Cn3nc(C(F)(F)F)c4c3C(F)(F)[C@@H]3C#C[C@H]43)c21. The van der Waals surface area contributed by atoms with E-state index in [0.29, 0.717) is 75.0 Å².